The van der Waals surface area contributed by atoms with Crippen molar-refractivity contribution in [2.24, 2.45) is 17.8 Å². The molecule has 34 heavy (non-hydrogen) atoms. The van der Waals surface area contributed by atoms with Crippen LogP contribution in [0.3, 0.4) is 0 Å². The Morgan fingerprint density at radius 1 is 1.12 bits per heavy atom. The van der Waals surface area contributed by atoms with Crippen molar-refractivity contribution in [1.82, 2.24) is 5.32 Å². The number of carbonyl (C=O) groups is 2. The summed E-state index contributed by atoms with van der Waals surface area (Å²) in [6.45, 7) is 0. The summed E-state index contributed by atoms with van der Waals surface area (Å²) in [4.78, 5) is 24.1. The van der Waals surface area contributed by atoms with Crippen molar-refractivity contribution in [1.29, 1.82) is 0 Å². The molecule has 4 atom stereocenters. The lowest BCUT2D eigenvalue weighted by atomic mass is 9.82. The number of aliphatic carboxylic acids is 1. The monoisotopic (exact) mass is 493 g/mol. The number of hydrogen-bond acceptors (Lipinski definition) is 4. The Bertz CT molecular complexity index is 1180. The largest absolute Gasteiger partial charge is 0.481 e. The molecule has 0 saturated heterocycles. The van der Waals surface area contributed by atoms with Crippen LogP contribution in [0.2, 0.25) is 0 Å². The van der Waals surface area contributed by atoms with Gasteiger partial charge in [-0.05, 0) is 90.7 Å². The average molecular weight is 494 g/mol. The highest BCUT2D eigenvalue weighted by Crippen LogP contribution is 2.50. The smallest absolute Gasteiger partial charge is 0.303 e. The van der Waals surface area contributed by atoms with Gasteiger partial charge in [0, 0.05) is 27.9 Å². The molecule has 1 amide bonds. The van der Waals surface area contributed by atoms with E-state index >= 15 is 0 Å². The van der Waals surface area contributed by atoms with Gasteiger partial charge in [-0.25, -0.2) is 0 Å². The fraction of sp³-hybridized carbons (Fsp3) is 0.429. The van der Waals surface area contributed by atoms with Crippen molar-refractivity contribution in [3.63, 3.8) is 0 Å². The van der Waals surface area contributed by atoms with Crippen molar-refractivity contribution in [2.45, 2.75) is 57.4 Å². The molecule has 2 aliphatic rings. The van der Waals surface area contributed by atoms with Gasteiger partial charge in [0.15, 0.2) is 0 Å². The van der Waals surface area contributed by atoms with Crippen molar-refractivity contribution in [3.05, 3.63) is 69.2 Å². The minimum atomic E-state index is -0.733. The van der Waals surface area contributed by atoms with E-state index in [4.69, 9.17) is 5.11 Å². The van der Waals surface area contributed by atoms with Gasteiger partial charge in [-0.3, -0.25) is 9.59 Å². The third kappa shape index (κ3) is 4.98. The number of unbranched alkanes of at least 4 members (excludes halogenated alkanes) is 1. The van der Waals surface area contributed by atoms with Crippen molar-refractivity contribution in [3.8, 4) is 0 Å². The maximum Gasteiger partial charge on any atom is 0.303 e. The molecule has 178 valence electrons. The van der Waals surface area contributed by atoms with E-state index in [9.17, 15) is 9.59 Å². The Labute approximate surface area is 208 Å². The van der Waals surface area contributed by atoms with E-state index in [1.165, 1.54) is 35.1 Å². The van der Waals surface area contributed by atoms with Crippen LogP contribution in [0.25, 0.3) is 10.1 Å². The molecule has 3 aromatic rings. The van der Waals surface area contributed by atoms with Crippen LogP contribution in [-0.4, -0.2) is 23.0 Å². The Kier molecular flexibility index (Phi) is 7.16. The summed E-state index contributed by atoms with van der Waals surface area (Å²) in [5.41, 5.74) is 3.40. The molecule has 2 fully saturated rings. The van der Waals surface area contributed by atoms with Gasteiger partial charge in [-0.1, -0.05) is 30.4 Å². The van der Waals surface area contributed by atoms with E-state index < -0.39 is 5.97 Å². The van der Waals surface area contributed by atoms with E-state index in [0.29, 0.717) is 24.2 Å². The standard InChI is InChI=1S/C28H31NO3S2/c30-25(31)9-4-2-1-3-7-22-19-10-11-20(15-19)26(22)29-28(32)24-17-34-27-21(6-5-8-23(24)27)14-18-12-13-33-16-18/h1,3,5-6,8,12-13,16-17,19-20,22,26H,2,4,7,9-11,14-15H2,(H,29,32)(H,30,31)/b3-1+. The minimum Gasteiger partial charge on any atom is -0.481 e. The van der Waals surface area contributed by atoms with E-state index in [2.05, 4.69) is 52.5 Å². The van der Waals surface area contributed by atoms with E-state index in [1.807, 2.05) is 5.38 Å². The van der Waals surface area contributed by atoms with Crippen molar-refractivity contribution >= 4 is 44.6 Å². The van der Waals surface area contributed by atoms with Crippen LogP contribution in [0.4, 0.5) is 0 Å². The summed E-state index contributed by atoms with van der Waals surface area (Å²) in [7, 11) is 0. The third-order valence-electron chi connectivity index (χ3n) is 7.62. The summed E-state index contributed by atoms with van der Waals surface area (Å²) in [6, 6.07) is 8.73. The zero-order valence-corrected chi connectivity index (χ0v) is 20.9. The molecule has 0 spiro atoms. The maximum absolute atomic E-state index is 13.4. The first-order valence-corrected chi connectivity index (χ1v) is 14.1. The average Bonchev–Trinajstić information content (AvgIpc) is 3.61. The fourth-order valence-electron chi connectivity index (χ4n) is 5.99. The van der Waals surface area contributed by atoms with Gasteiger partial charge in [-0.2, -0.15) is 11.3 Å². The maximum atomic E-state index is 13.4. The van der Waals surface area contributed by atoms with Gasteiger partial charge >= 0.3 is 5.97 Å². The highest BCUT2D eigenvalue weighted by molar-refractivity contribution is 7.17. The number of carboxylic acid groups (broad SMARTS) is 1. The molecule has 2 aromatic heterocycles. The van der Waals surface area contributed by atoms with E-state index in [-0.39, 0.29) is 18.4 Å². The molecule has 4 nitrogen and oxygen atoms in total. The molecule has 2 bridgehead atoms. The minimum absolute atomic E-state index is 0.0620. The molecular formula is C28H31NO3S2. The van der Waals surface area contributed by atoms with Crippen LogP contribution >= 0.6 is 22.7 Å². The highest BCUT2D eigenvalue weighted by Gasteiger charge is 2.47. The first-order chi connectivity index (χ1) is 16.6. The third-order valence-corrected chi connectivity index (χ3v) is 9.43. The first kappa shape index (κ1) is 23.3. The predicted molar refractivity (Wildman–Crippen MR) is 140 cm³/mol. The molecule has 4 unspecified atom stereocenters. The second-order valence-corrected chi connectivity index (χ2v) is 11.4. The lowest BCUT2D eigenvalue weighted by molar-refractivity contribution is -0.137. The Morgan fingerprint density at radius 2 is 2.00 bits per heavy atom. The van der Waals surface area contributed by atoms with Gasteiger partial charge < -0.3 is 10.4 Å². The Balaban J connectivity index is 1.26. The summed E-state index contributed by atoms with van der Waals surface area (Å²) in [6.07, 6.45) is 11.6. The quantitative estimate of drug-likeness (QED) is 0.238. The molecule has 2 N–H and O–H groups in total. The fourth-order valence-corrected chi connectivity index (χ4v) is 7.73. The van der Waals surface area contributed by atoms with Crippen molar-refractivity contribution in [2.75, 3.05) is 0 Å². The number of carbonyl (C=O) groups excluding carboxylic acids is 1. The first-order valence-electron chi connectivity index (χ1n) is 12.3. The van der Waals surface area contributed by atoms with Crippen LogP contribution in [0.15, 0.2) is 52.6 Å². The molecule has 2 aliphatic carbocycles. The lowest BCUT2D eigenvalue weighted by Gasteiger charge is -2.31. The number of fused-ring (bicyclic) bond motifs is 3. The normalized spacial score (nSPS) is 23.8. The van der Waals surface area contributed by atoms with Crippen LogP contribution in [0.5, 0.6) is 0 Å². The molecule has 2 saturated carbocycles. The summed E-state index contributed by atoms with van der Waals surface area (Å²) >= 11 is 3.40. The predicted octanol–water partition coefficient (Wildman–Crippen LogP) is 6.90. The van der Waals surface area contributed by atoms with E-state index in [1.54, 1.807) is 22.7 Å². The number of amides is 1. The second kappa shape index (κ2) is 10.4. The van der Waals surface area contributed by atoms with E-state index in [0.717, 1.165) is 30.2 Å². The van der Waals surface area contributed by atoms with Gasteiger partial charge in [0.25, 0.3) is 5.91 Å². The Morgan fingerprint density at radius 3 is 2.82 bits per heavy atom. The van der Waals surface area contributed by atoms with Crippen molar-refractivity contribution < 1.29 is 14.7 Å². The molecule has 0 aliphatic heterocycles. The summed E-state index contributed by atoms with van der Waals surface area (Å²) in [5, 5.41) is 19.6. The van der Waals surface area contributed by atoms with Gasteiger partial charge in [0.1, 0.15) is 0 Å². The van der Waals surface area contributed by atoms with Crippen LogP contribution in [0.1, 0.15) is 66.4 Å². The van der Waals surface area contributed by atoms with Crippen LogP contribution in [-0.2, 0) is 11.2 Å². The molecule has 2 heterocycles. The zero-order chi connectivity index (χ0) is 23.5. The number of allylic oxidation sites excluding steroid dienone is 2. The molecular weight excluding hydrogens is 462 g/mol. The van der Waals surface area contributed by atoms with Gasteiger partial charge in [0.2, 0.25) is 0 Å². The molecule has 0 radical (unpaired) electrons. The SMILES string of the molecule is O=C(O)CCC/C=C/CC1C2CCC(C2)C1NC(=O)c1csc2c(Cc3ccsc3)cccc12. The highest BCUT2D eigenvalue weighted by atomic mass is 32.1. The number of thiophene rings is 2. The summed E-state index contributed by atoms with van der Waals surface area (Å²) in [5.74, 6) is 1.09. The Hall–Kier alpha value is -2.44. The van der Waals surface area contributed by atoms with Crippen LogP contribution < -0.4 is 5.32 Å². The molecule has 6 heteroatoms. The second-order valence-electron chi connectivity index (χ2n) is 9.74. The number of hydrogen-bond donors (Lipinski definition) is 2. The van der Waals surface area contributed by atoms with Crippen LogP contribution in [0, 0.1) is 17.8 Å². The number of rotatable bonds is 10. The molecule has 1 aromatic carbocycles. The number of benzene rings is 1. The summed E-state index contributed by atoms with van der Waals surface area (Å²) < 4.78 is 1.22. The number of carboxylic acids is 1. The number of nitrogens with one attached hydrogen (secondary N) is 1. The molecule has 5 rings (SSSR count). The van der Waals surface area contributed by atoms with Gasteiger partial charge in [-0.15, -0.1) is 11.3 Å². The lowest BCUT2D eigenvalue weighted by Crippen LogP contribution is -2.43. The zero-order valence-electron chi connectivity index (χ0n) is 19.2. The van der Waals surface area contributed by atoms with Gasteiger partial charge in [0.05, 0.1) is 5.56 Å². The topological polar surface area (TPSA) is 66.4 Å².